The van der Waals surface area contributed by atoms with E-state index in [0.29, 0.717) is 17.7 Å². The summed E-state index contributed by atoms with van der Waals surface area (Å²) in [6.07, 6.45) is -0.0919. The van der Waals surface area contributed by atoms with Crippen LogP contribution in [-0.2, 0) is 6.54 Å². The van der Waals surface area contributed by atoms with Crippen LogP contribution in [0.1, 0.15) is 47.3 Å². The van der Waals surface area contributed by atoms with Crippen LogP contribution in [0.4, 0.5) is 8.78 Å². The molecule has 0 amide bonds. The molecule has 0 spiro atoms. The molecule has 80 valence electrons. The Kier molecular flexibility index (Phi) is 1.62. The average Bonchev–Trinajstić information content (AvgIpc) is 2.81. The summed E-state index contributed by atoms with van der Waals surface area (Å²) in [4.78, 5) is 11.7. The van der Waals surface area contributed by atoms with Crippen LogP contribution in [0.15, 0.2) is 6.20 Å². The first-order valence-corrected chi connectivity index (χ1v) is 5.20. The fraction of sp³-hybridized carbons (Fsp3) is 0.545. The third-order valence-electron chi connectivity index (χ3n) is 3.47. The molecule has 0 aromatic carbocycles. The van der Waals surface area contributed by atoms with Crippen LogP contribution < -0.4 is 0 Å². The molecule has 1 fully saturated rings. The van der Waals surface area contributed by atoms with Crippen molar-refractivity contribution in [2.24, 2.45) is 5.92 Å². The largest absolute Gasteiger partial charge is 0.346 e. The third kappa shape index (κ3) is 0.994. The van der Waals surface area contributed by atoms with Crippen molar-refractivity contribution < 1.29 is 13.6 Å². The smallest absolute Gasteiger partial charge is 0.278 e. The van der Waals surface area contributed by atoms with Crippen LogP contribution in [0.25, 0.3) is 0 Å². The molecule has 2 aliphatic rings. The van der Waals surface area contributed by atoms with E-state index in [2.05, 4.69) is 0 Å². The van der Waals surface area contributed by atoms with Gasteiger partial charge in [0.2, 0.25) is 0 Å². The molecular weight excluding hydrogens is 200 g/mol. The minimum Gasteiger partial charge on any atom is -0.346 e. The quantitative estimate of drug-likeness (QED) is 0.737. The summed E-state index contributed by atoms with van der Waals surface area (Å²) in [5.74, 6) is 0.201. The van der Waals surface area contributed by atoms with Gasteiger partial charge in [-0.05, 0) is 24.8 Å². The van der Waals surface area contributed by atoms with Gasteiger partial charge in [-0.2, -0.15) is 0 Å². The van der Waals surface area contributed by atoms with Crippen LogP contribution in [0.2, 0.25) is 0 Å². The standard InChI is InChI=1S/C11H11F2NO/c1-2-14-4-7-8(9(14)11(12)13)5-3-6(5)10(7)15/h4-6,11H,2-3H2,1H3. The lowest BCUT2D eigenvalue weighted by molar-refractivity contribution is 0.0973. The highest BCUT2D eigenvalue weighted by Crippen LogP contribution is 2.58. The van der Waals surface area contributed by atoms with Crippen molar-refractivity contribution in [2.45, 2.75) is 32.2 Å². The number of aryl methyl sites for hydroxylation is 1. The van der Waals surface area contributed by atoms with Crippen molar-refractivity contribution in [3.05, 3.63) is 23.0 Å². The number of carbonyl (C=O) groups is 1. The Balaban J connectivity index is 2.20. The molecule has 0 bridgehead atoms. The molecule has 2 atom stereocenters. The molecule has 1 aromatic heterocycles. The fourth-order valence-corrected chi connectivity index (χ4v) is 2.68. The van der Waals surface area contributed by atoms with Gasteiger partial charge in [0.05, 0.1) is 5.69 Å². The molecule has 2 aliphatic carbocycles. The summed E-state index contributed by atoms with van der Waals surface area (Å²) in [6, 6.07) is 0. The molecule has 3 rings (SSSR count). The van der Waals surface area contributed by atoms with E-state index in [9.17, 15) is 13.6 Å². The Labute approximate surface area is 85.9 Å². The molecule has 2 unspecified atom stereocenters. The number of hydrogen-bond donors (Lipinski definition) is 0. The minimum absolute atomic E-state index is 0.0269. The normalized spacial score (nSPS) is 27.1. The second-order valence-electron chi connectivity index (χ2n) is 4.24. The first-order chi connectivity index (χ1) is 7.15. The van der Waals surface area contributed by atoms with E-state index in [1.165, 1.54) is 4.57 Å². The lowest BCUT2D eigenvalue weighted by atomic mass is 10.1. The van der Waals surface area contributed by atoms with Gasteiger partial charge in [0.1, 0.15) is 0 Å². The number of carbonyl (C=O) groups excluding carboxylic acids is 1. The predicted molar refractivity (Wildman–Crippen MR) is 50.2 cm³/mol. The Morgan fingerprint density at radius 2 is 2.27 bits per heavy atom. The van der Waals surface area contributed by atoms with Crippen LogP contribution in [0.5, 0.6) is 0 Å². The number of nitrogens with zero attached hydrogens (tertiary/aromatic N) is 1. The van der Waals surface area contributed by atoms with Crippen molar-refractivity contribution in [1.82, 2.24) is 4.57 Å². The van der Waals surface area contributed by atoms with Gasteiger partial charge < -0.3 is 4.57 Å². The first kappa shape index (κ1) is 9.07. The van der Waals surface area contributed by atoms with E-state index < -0.39 is 6.43 Å². The highest BCUT2D eigenvalue weighted by atomic mass is 19.3. The Hall–Kier alpha value is -1.19. The topological polar surface area (TPSA) is 22.0 Å². The maximum atomic E-state index is 12.9. The van der Waals surface area contributed by atoms with Crippen LogP contribution in [0.3, 0.4) is 0 Å². The molecule has 0 N–H and O–H groups in total. The molecule has 0 aliphatic heterocycles. The van der Waals surface area contributed by atoms with Crippen LogP contribution in [-0.4, -0.2) is 10.4 Å². The fourth-order valence-electron chi connectivity index (χ4n) is 2.68. The van der Waals surface area contributed by atoms with Crippen LogP contribution >= 0.6 is 0 Å². The van der Waals surface area contributed by atoms with Crippen molar-refractivity contribution in [3.8, 4) is 0 Å². The van der Waals surface area contributed by atoms with Crippen LogP contribution in [0, 0.1) is 5.92 Å². The number of ketones is 1. The molecule has 1 aromatic rings. The number of alkyl halides is 2. The van der Waals surface area contributed by atoms with E-state index >= 15 is 0 Å². The molecule has 1 heterocycles. The summed E-state index contributed by atoms with van der Waals surface area (Å²) in [7, 11) is 0. The summed E-state index contributed by atoms with van der Waals surface area (Å²) in [5.41, 5.74) is 1.26. The molecular formula is C11H11F2NO. The number of Topliss-reactive ketones (excluding diaryl/α,β-unsaturated/α-hetero) is 1. The molecule has 1 saturated carbocycles. The van der Waals surface area contributed by atoms with E-state index in [0.717, 1.165) is 6.42 Å². The minimum atomic E-state index is -2.47. The van der Waals surface area contributed by atoms with E-state index in [1.807, 2.05) is 6.92 Å². The van der Waals surface area contributed by atoms with Gasteiger partial charge in [-0.3, -0.25) is 4.79 Å². The zero-order valence-electron chi connectivity index (χ0n) is 8.34. The van der Waals surface area contributed by atoms with Gasteiger partial charge >= 0.3 is 0 Å². The summed E-state index contributed by atoms with van der Waals surface area (Å²) < 4.78 is 27.3. The summed E-state index contributed by atoms with van der Waals surface area (Å²) in [6.45, 7) is 2.31. The van der Waals surface area contributed by atoms with Gasteiger partial charge in [-0.25, -0.2) is 8.78 Å². The molecule has 15 heavy (non-hydrogen) atoms. The maximum absolute atomic E-state index is 12.9. The molecule has 2 nitrogen and oxygen atoms in total. The van der Waals surface area contributed by atoms with E-state index in [1.54, 1.807) is 6.20 Å². The number of hydrogen-bond acceptors (Lipinski definition) is 1. The summed E-state index contributed by atoms with van der Waals surface area (Å²) in [5, 5.41) is 0. The van der Waals surface area contributed by atoms with Gasteiger partial charge in [-0.1, -0.05) is 0 Å². The lowest BCUT2D eigenvalue weighted by Crippen LogP contribution is -2.02. The van der Waals surface area contributed by atoms with Crippen molar-refractivity contribution in [2.75, 3.05) is 0 Å². The number of halogens is 2. The third-order valence-corrected chi connectivity index (χ3v) is 3.47. The SMILES string of the molecule is CCn1cc2c(c1C(F)F)C1CC1C2=O. The lowest BCUT2D eigenvalue weighted by Gasteiger charge is -2.07. The van der Waals surface area contributed by atoms with Gasteiger partial charge in [0, 0.05) is 24.2 Å². The van der Waals surface area contributed by atoms with E-state index in [4.69, 9.17) is 0 Å². The number of rotatable bonds is 2. The Morgan fingerprint density at radius 1 is 1.53 bits per heavy atom. The Morgan fingerprint density at radius 3 is 2.87 bits per heavy atom. The monoisotopic (exact) mass is 211 g/mol. The zero-order valence-corrected chi connectivity index (χ0v) is 8.34. The van der Waals surface area contributed by atoms with Gasteiger partial charge in [0.15, 0.2) is 5.78 Å². The van der Waals surface area contributed by atoms with Crippen molar-refractivity contribution in [1.29, 1.82) is 0 Å². The maximum Gasteiger partial charge on any atom is 0.278 e. The van der Waals surface area contributed by atoms with E-state index in [-0.39, 0.29) is 23.3 Å². The second-order valence-corrected chi connectivity index (χ2v) is 4.24. The van der Waals surface area contributed by atoms with Gasteiger partial charge in [0.25, 0.3) is 6.43 Å². The van der Waals surface area contributed by atoms with Crippen molar-refractivity contribution in [3.63, 3.8) is 0 Å². The number of fused-ring (bicyclic) bond motifs is 3. The van der Waals surface area contributed by atoms with Crippen molar-refractivity contribution >= 4 is 5.78 Å². The zero-order chi connectivity index (χ0) is 10.7. The van der Waals surface area contributed by atoms with Gasteiger partial charge in [-0.15, -0.1) is 0 Å². The predicted octanol–water partition coefficient (Wildman–Crippen LogP) is 2.75. The number of aromatic nitrogens is 1. The highest BCUT2D eigenvalue weighted by molar-refractivity contribution is 6.06. The molecule has 0 radical (unpaired) electrons. The highest BCUT2D eigenvalue weighted by Gasteiger charge is 2.54. The second kappa shape index (κ2) is 2.68. The summed E-state index contributed by atoms with van der Waals surface area (Å²) >= 11 is 0. The molecule has 4 heteroatoms. The average molecular weight is 211 g/mol. The molecule has 0 saturated heterocycles. The Bertz CT molecular complexity index is 450. The first-order valence-electron chi connectivity index (χ1n) is 5.20.